The molecule has 1 aliphatic heterocycles. The van der Waals surface area contributed by atoms with Gasteiger partial charge in [0.05, 0.1) is 18.8 Å². The Morgan fingerprint density at radius 3 is 3.05 bits per heavy atom. The molecule has 1 saturated heterocycles. The third-order valence-corrected chi connectivity index (χ3v) is 3.85. The van der Waals surface area contributed by atoms with Crippen molar-refractivity contribution in [2.75, 3.05) is 20.3 Å². The molecule has 6 heteroatoms. The summed E-state index contributed by atoms with van der Waals surface area (Å²) in [6.45, 7) is 1.09. The SMILES string of the molecule is COc1ccc2[nH]cc(C(=O)C(=O)NCC3CCCO3)c2c1. The lowest BCUT2D eigenvalue weighted by Crippen LogP contribution is -2.36. The standard InChI is InChI=1S/C16H18N2O4/c1-21-10-4-5-14-12(7-10)13(9-17-14)15(19)16(20)18-8-11-3-2-6-22-11/h4-5,7,9,11,17H,2-3,6,8H2,1H3,(H,18,20). The van der Waals surface area contributed by atoms with Crippen molar-refractivity contribution in [2.24, 2.45) is 0 Å². The minimum atomic E-state index is -0.612. The zero-order chi connectivity index (χ0) is 15.5. The van der Waals surface area contributed by atoms with Crippen LogP contribution in [0.1, 0.15) is 23.2 Å². The molecule has 116 valence electrons. The normalized spacial score (nSPS) is 17.6. The number of amides is 1. The van der Waals surface area contributed by atoms with Crippen LogP contribution in [-0.2, 0) is 9.53 Å². The smallest absolute Gasteiger partial charge is 0.292 e. The molecule has 0 bridgehead atoms. The maximum absolute atomic E-state index is 12.3. The number of Topliss-reactive ketones (excluding diaryl/α,β-unsaturated/α-hetero) is 1. The van der Waals surface area contributed by atoms with Crippen LogP contribution in [0.2, 0.25) is 0 Å². The molecule has 2 N–H and O–H groups in total. The molecule has 6 nitrogen and oxygen atoms in total. The lowest BCUT2D eigenvalue weighted by atomic mass is 10.1. The predicted molar refractivity (Wildman–Crippen MR) is 81.2 cm³/mol. The summed E-state index contributed by atoms with van der Waals surface area (Å²) in [7, 11) is 1.56. The highest BCUT2D eigenvalue weighted by atomic mass is 16.5. The van der Waals surface area contributed by atoms with E-state index in [2.05, 4.69) is 10.3 Å². The van der Waals surface area contributed by atoms with Gasteiger partial charge in [-0.25, -0.2) is 0 Å². The molecule has 22 heavy (non-hydrogen) atoms. The lowest BCUT2D eigenvalue weighted by molar-refractivity contribution is -0.117. The van der Waals surface area contributed by atoms with E-state index in [1.54, 1.807) is 25.4 Å². The molecule has 2 aromatic rings. The molecule has 1 unspecified atom stereocenters. The van der Waals surface area contributed by atoms with Crippen LogP contribution in [0.15, 0.2) is 24.4 Å². The van der Waals surface area contributed by atoms with Gasteiger partial charge in [0, 0.05) is 30.3 Å². The largest absolute Gasteiger partial charge is 0.497 e. The number of nitrogens with one attached hydrogen (secondary N) is 2. The number of carbonyl (C=O) groups is 2. The molecule has 1 aliphatic rings. The molecule has 1 aromatic heterocycles. The van der Waals surface area contributed by atoms with Crippen molar-refractivity contribution < 1.29 is 19.1 Å². The Bertz CT molecular complexity index is 701. The summed E-state index contributed by atoms with van der Waals surface area (Å²) in [4.78, 5) is 27.3. The molecule has 0 aliphatic carbocycles. The Hall–Kier alpha value is -2.34. The molecule has 1 fully saturated rings. The summed E-state index contributed by atoms with van der Waals surface area (Å²) < 4.78 is 10.6. The molecule has 0 saturated carbocycles. The number of hydrogen-bond donors (Lipinski definition) is 2. The average Bonchev–Trinajstić information content (AvgIpc) is 3.20. The van der Waals surface area contributed by atoms with Gasteiger partial charge in [0.15, 0.2) is 0 Å². The first-order valence-corrected chi connectivity index (χ1v) is 7.28. The highest BCUT2D eigenvalue weighted by Crippen LogP contribution is 2.24. The molecular weight excluding hydrogens is 284 g/mol. The van der Waals surface area contributed by atoms with E-state index < -0.39 is 11.7 Å². The Kier molecular flexibility index (Phi) is 4.11. The quantitative estimate of drug-likeness (QED) is 0.650. The highest BCUT2D eigenvalue weighted by molar-refractivity contribution is 6.45. The molecule has 0 radical (unpaired) electrons. The number of carbonyl (C=O) groups excluding carboxylic acids is 2. The number of H-pyrrole nitrogens is 1. The van der Waals surface area contributed by atoms with Gasteiger partial charge in [-0.15, -0.1) is 0 Å². The molecular formula is C16H18N2O4. The second kappa shape index (κ2) is 6.19. The van der Waals surface area contributed by atoms with Crippen LogP contribution in [0.25, 0.3) is 10.9 Å². The van der Waals surface area contributed by atoms with Crippen LogP contribution < -0.4 is 10.1 Å². The minimum absolute atomic E-state index is 0.0137. The zero-order valence-corrected chi connectivity index (χ0v) is 12.3. The fraction of sp³-hybridized carbons (Fsp3) is 0.375. The first-order valence-electron chi connectivity index (χ1n) is 7.28. The Balaban J connectivity index is 1.74. The van der Waals surface area contributed by atoms with E-state index in [-0.39, 0.29) is 6.10 Å². The van der Waals surface area contributed by atoms with E-state index in [9.17, 15) is 9.59 Å². The van der Waals surface area contributed by atoms with Crippen molar-refractivity contribution in [1.29, 1.82) is 0 Å². The van der Waals surface area contributed by atoms with Gasteiger partial charge in [0.1, 0.15) is 5.75 Å². The van der Waals surface area contributed by atoms with E-state index in [0.29, 0.717) is 23.2 Å². The van der Waals surface area contributed by atoms with Crippen molar-refractivity contribution in [1.82, 2.24) is 10.3 Å². The number of hydrogen-bond acceptors (Lipinski definition) is 4. The molecule has 0 spiro atoms. The molecule has 1 amide bonds. The van der Waals surface area contributed by atoms with E-state index in [0.717, 1.165) is 25.0 Å². The number of rotatable bonds is 5. The third kappa shape index (κ3) is 2.82. The number of aromatic nitrogens is 1. The first-order chi connectivity index (χ1) is 10.7. The van der Waals surface area contributed by atoms with Crippen LogP contribution in [0.3, 0.4) is 0 Å². The molecule has 3 rings (SSSR count). The maximum atomic E-state index is 12.3. The van der Waals surface area contributed by atoms with E-state index in [4.69, 9.17) is 9.47 Å². The predicted octanol–water partition coefficient (Wildman–Crippen LogP) is 1.65. The van der Waals surface area contributed by atoms with Crippen molar-refractivity contribution >= 4 is 22.6 Å². The number of ketones is 1. The monoisotopic (exact) mass is 302 g/mol. The van der Waals surface area contributed by atoms with E-state index >= 15 is 0 Å². The third-order valence-electron chi connectivity index (χ3n) is 3.85. The van der Waals surface area contributed by atoms with Gasteiger partial charge in [-0.2, -0.15) is 0 Å². The Morgan fingerprint density at radius 2 is 2.32 bits per heavy atom. The van der Waals surface area contributed by atoms with Crippen LogP contribution in [0.4, 0.5) is 0 Å². The lowest BCUT2D eigenvalue weighted by Gasteiger charge is -2.09. The Morgan fingerprint density at radius 1 is 1.45 bits per heavy atom. The summed E-state index contributed by atoms with van der Waals surface area (Å²) in [6, 6.07) is 5.35. The van der Waals surface area contributed by atoms with Gasteiger partial charge >= 0.3 is 0 Å². The van der Waals surface area contributed by atoms with Crippen LogP contribution in [0, 0.1) is 0 Å². The summed E-state index contributed by atoms with van der Waals surface area (Å²) in [6.07, 6.45) is 3.48. The van der Waals surface area contributed by atoms with Gasteiger partial charge in [0.25, 0.3) is 11.7 Å². The van der Waals surface area contributed by atoms with Crippen molar-refractivity contribution in [3.05, 3.63) is 30.0 Å². The van der Waals surface area contributed by atoms with E-state index in [1.165, 1.54) is 0 Å². The second-order valence-electron chi connectivity index (χ2n) is 5.29. The van der Waals surface area contributed by atoms with Gasteiger partial charge in [-0.1, -0.05) is 0 Å². The Labute approximate surface area is 127 Å². The highest BCUT2D eigenvalue weighted by Gasteiger charge is 2.22. The van der Waals surface area contributed by atoms with Gasteiger partial charge in [-0.05, 0) is 31.0 Å². The average molecular weight is 302 g/mol. The van der Waals surface area contributed by atoms with Crippen LogP contribution in [-0.4, -0.2) is 43.0 Å². The van der Waals surface area contributed by atoms with E-state index in [1.807, 2.05) is 6.07 Å². The van der Waals surface area contributed by atoms with Crippen LogP contribution in [0.5, 0.6) is 5.75 Å². The van der Waals surface area contributed by atoms with Crippen LogP contribution >= 0.6 is 0 Å². The zero-order valence-electron chi connectivity index (χ0n) is 12.3. The molecule has 1 atom stereocenters. The number of ether oxygens (including phenoxy) is 2. The van der Waals surface area contributed by atoms with Gasteiger partial charge < -0.3 is 19.8 Å². The van der Waals surface area contributed by atoms with Gasteiger partial charge in [-0.3, -0.25) is 9.59 Å². The summed E-state index contributed by atoms with van der Waals surface area (Å²) >= 11 is 0. The molecule has 1 aromatic carbocycles. The maximum Gasteiger partial charge on any atom is 0.292 e. The second-order valence-corrected chi connectivity index (χ2v) is 5.29. The molecule has 2 heterocycles. The van der Waals surface area contributed by atoms with Crippen molar-refractivity contribution in [3.63, 3.8) is 0 Å². The number of benzene rings is 1. The topological polar surface area (TPSA) is 80.4 Å². The number of methoxy groups -OCH3 is 1. The first kappa shape index (κ1) is 14.6. The number of fused-ring (bicyclic) bond motifs is 1. The summed E-state index contributed by atoms with van der Waals surface area (Å²) in [5, 5.41) is 3.32. The summed E-state index contributed by atoms with van der Waals surface area (Å²) in [5.74, 6) is -0.530. The summed E-state index contributed by atoms with van der Waals surface area (Å²) in [5.41, 5.74) is 1.13. The fourth-order valence-electron chi connectivity index (χ4n) is 2.63. The number of aromatic amines is 1. The fourth-order valence-corrected chi connectivity index (χ4v) is 2.63. The van der Waals surface area contributed by atoms with Crippen molar-refractivity contribution in [3.8, 4) is 5.75 Å². The van der Waals surface area contributed by atoms with Gasteiger partial charge in [0.2, 0.25) is 0 Å². The van der Waals surface area contributed by atoms with Crippen molar-refractivity contribution in [2.45, 2.75) is 18.9 Å². The minimum Gasteiger partial charge on any atom is -0.497 e.